The van der Waals surface area contributed by atoms with E-state index in [0.29, 0.717) is 12.8 Å². The molecule has 0 fully saturated rings. The van der Waals surface area contributed by atoms with Crippen molar-refractivity contribution in [3.63, 3.8) is 0 Å². The Kier molecular flexibility index (Phi) is 5.66. The summed E-state index contributed by atoms with van der Waals surface area (Å²) in [5.74, 6) is -0.930. The highest BCUT2D eigenvalue weighted by Crippen LogP contribution is 2.26. The molecule has 6 nitrogen and oxygen atoms in total. The highest BCUT2D eigenvalue weighted by Gasteiger charge is 2.37. The second-order valence-corrected chi connectivity index (χ2v) is 4.67. The van der Waals surface area contributed by atoms with Crippen LogP contribution in [0.1, 0.15) is 18.4 Å². The van der Waals surface area contributed by atoms with Crippen LogP contribution in [0, 0.1) is 0 Å². The van der Waals surface area contributed by atoms with Gasteiger partial charge in [-0.3, -0.25) is 9.59 Å². The second-order valence-electron chi connectivity index (χ2n) is 4.67. The van der Waals surface area contributed by atoms with Crippen molar-refractivity contribution in [3.8, 4) is 0 Å². The Balaban J connectivity index is 3.02. The Bertz CT molecular complexity index is 464. The molecule has 1 rings (SSSR count). The molecule has 0 radical (unpaired) electrons. The standard InChI is InChI=1S/C14H22N4O2/c1-17-11(12(15)19)8-9-14(18-2,13(16)20)10-6-4-3-5-7-10/h3-7,11,17-18H,8-9H2,1-2H3,(H2,15,19)(H2,16,20). The van der Waals surface area contributed by atoms with Crippen molar-refractivity contribution < 1.29 is 9.59 Å². The highest BCUT2D eigenvalue weighted by atomic mass is 16.2. The van der Waals surface area contributed by atoms with E-state index in [9.17, 15) is 9.59 Å². The summed E-state index contributed by atoms with van der Waals surface area (Å²) >= 11 is 0. The maximum Gasteiger partial charge on any atom is 0.242 e. The zero-order chi connectivity index (χ0) is 15.2. The van der Waals surface area contributed by atoms with Gasteiger partial charge >= 0.3 is 0 Å². The molecule has 0 saturated carbocycles. The lowest BCUT2D eigenvalue weighted by atomic mass is 9.83. The van der Waals surface area contributed by atoms with Gasteiger partial charge in [0.2, 0.25) is 11.8 Å². The van der Waals surface area contributed by atoms with E-state index in [4.69, 9.17) is 11.5 Å². The molecule has 6 N–H and O–H groups in total. The van der Waals surface area contributed by atoms with Crippen LogP contribution in [0.2, 0.25) is 0 Å². The molecule has 2 amide bonds. The van der Waals surface area contributed by atoms with Crippen LogP contribution >= 0.6 is 0 Å². The first kappa shape index (κ1) is 16.1. The van der Waals surface area contributed by atoms with Crippen LogP contribution in [-0.2, 0) is 15.1 Å². The van der Waals surface area contributed by atoms with Gasteiger partial charge in [0.15, 0.2) is 0 Å². The number of hydrogen-bond donors (Lipinski definition) is 4. The SMILES string of the molecule is CNC(CCC(NC)(C(N)=O)c1ccccc1)C(N)=O. The molecule has 0 aromatic heterocycles. The van der Waals surface area contributed by atoms with Crippen LogP contribution in [0.3, 0.4) is 0 Å². The first-order valence-electron chi connectivity index (χ1n) is 6.49. The maximum absolute atomic E-state index is 11.9. The number of rotatable bonds is 8. The molecule has 0 aliphatic carbocycles. The van der Waals surface area contributed by atoms with Gasteiger partial charge in [-0.2, -0.15) is 0 Å². The van der Waals surface area contributed by atoms with Crippen molar-refractivity contribution in [1.82, 2.24) is 10.6 Å². The van der Waals surface area contributed by atoms with Crippen molar-refractivity contribution in [2.75, 3.05) is 14.1 Å². The zero-order valence-electron chi connectivity index (χ0n) is 11.8. The van der Waals surface area contributed by atoms with Gasteiger partial charge in [-0.15, -0.1) is 0 Å². The van der Waals surface area contributed by atoms with E-state index < -0.39 is 23.4 Å². The fourth-order valence-corrected chi connectivity index (χ4v) is 2.31. The molecule has 0 bridgehead atoms. The Hall–Kier alpha value is -1.92. The average molecular weight is 278 g/mol. The molecule has 2 atom stereocenters. The summed E-state index contributed by atoms with van der Waals surface area (Å²) in [7, 11) is 3.33. The van der Waals surface area contributed by atoms with Crippen molar-refractivity contribution in [1.29, 1.82) is 0 Å². The van der Waals surface area contributed by atoms with E-state index in [0.717, 1.165) is 5.56 Å². The molecule has 0 aliphatic rings. The summed E-state index contributed by atoms with van der Waals surface area (Å²) in [6.07, 6.45) is 0.780. The lowest BCUT2D eigenvalue weighted by molar-refractivity contribution is -0.126. The molecule has 20 heavy (non-hydrogen) atoms. The van der Waals surface area contributed by atoms with Crippen molar-refractivity contribution >= 4 is 11.8 Å². The van der Waals surface area contributed by atoms with Crippen LogP contribution in [-0.4, -0.2) is 32.0 Å². The third kappa shape index (κ3) is 3.34. The zero-order valence-corrected chi connectivity index (χ0v) is 11.8. The number of nitrogens with two attached hydrogens (primary N) is 2. The quantitative estimate of drug-likeness (QED) is 0.511. The number of amides is 2. The van der Waals surface area contributed by atoms with Gasteiger partial charge in [0.05, 0.1) is 6.04 Å². The Morgan fingerprint density at radius 2 is 1.80 bits per heavy atom. The molecule has 1 aromatic carbocycles. The first-order valence-corrected chi connectivity index (χ1v) is 6.49. The topological polar surface area (TPSA) is 110 Å². The summed E-state index contributed by atoms with van der Waals surface area (Å²) in [5.41, 5.74) is 10.6. The summed E-state index contributed by atoms with van der Waals surface area (Å²) in [6, 6.07) is 8.72. The predicted octanol–water partition coefficient (Wildman–Crippen LogP) is -0.560. The van der Waals surface area contributed by atoms with E-state index in [2.05, 4.69) is 10.6 Å². The minimum atomic E-state index is -1.01. The lowest BCUT2D eigenvalue weighted by Crippen LogP contribution is -2.52. The molecular weight excluding hydrogens is 256 g/mol. The number of benzene rings is 1. The molecule has 0 saturated heterocycles. The van der Waals surface area contributed by atoms with Gasteiger partial charge in [-0.1, -0.05) is 30.3 Å². The first-order chi connectivity index (χ1) is 9.47. The Morgan fingerprint density at radius 1 is 1.20 bits per heavy atom. The van der Waals surface area contributed by atoms with Crippen molar-refractivity contribution in [2.24, 2.45) is 11.5 Å². The highest BCUT2D eigenvalue weighted by molar-refractivity contribution is 5.86. The number of nitrogens with one attached hydrogen (secondary N) is 2. The predicted molar refractivity (Wildman–Crippen MR) is 77.7 cm³/mol. The van der Waals surface area contributed by atoms with Crippen molar-refractivity contribution in [3.05, 3.63) is 35.9 Å². The summed E-state index contributed by atoms with van der Waals surface area (Å²) in [4.78, 5) is 23.2. The Morgan fingerprint density at radius 3 is 2.20 bits per heavy atom. The molecule has 2 unspecified atom stereocenters. The molecule has 1 aromatic rings. The molecule has 0 aliphatic heterocycles. The van der Waals surface area contributed by atoms with Crippen LogP contribution in [0.5, 0.6) is 0 Å². The second kappa shape index (κ2) is 7.02. The van der Waals surface area contributed by atoms with Gasteiger partial charge in [0, 0.05) is 0 Å². The third-order valence-corrected chi connectivity index (χ3v) is 3.61. The number of primary amides is 2. The van der Waals surface area contributed by atoms with Crippen LogP contribution < -0.4 is 22.1 Å². The van der Waals surface area contributed by atoms with Crippen molar-refractivity contribution in [2.45, 2.75) is 24.4 Å². The van der Waals surface area contributed by atoms with Crippen LogP contribution in [0.25, 0.3) is 0 Å². The summed E-state index contributed by atoms with van der Waals surface area (Å²) in [6.45, 7) is 0. The van der Waals surface area contributed by atoms with Crippen LogP contribution in [0.4, 0.5) is 0 Å². The van der Waals surface area contributed by atoms with Gasteiger partial charge in [-0.05, 0) is 32.5 Å². The fourth-order valence-electron chi connectivity index (χ4n) is 2.31. The van der Waals surface area contributed by atoms with Gasteiger partial charge in [0.25, 0.3) is 0 Å². The maximum atomic E-state index is 11.9. The molecule has 0 heterocycles. The smallest absolute Gasteiger partial charge is 0.242 e. The van der Waals surface area contributed by atoms with E-state index in [1.807, 2.05) is 30.3 Å². The van der Waals surface area contributed by atoms with Crippen LogP contribution in [0.15, 0.2) is 30.3 Å². The molecular formula is C14H22N4O2. The van der Waals surface area contributed by atoms with E-state index in [1.165, 1.54) is 0 Å². The monoisotopic (exact) mass is 278 g/mol. The summed E-state index contributed by atoms with van der Waals surface area (Å²) < 4.78 is 0. The number of likely N-dealkylation sites (N-methyl/N-ethyl adjacent to an activating group) is 2. The normalized spacial score (nSPS) is 15.3. The van der Waals surface area contributed by atoms with Gasteiger partial charge < -0.3 is 22.1 Å². The lowest BCUT2D eigenvalue weighted by Gasteiger charge is -2.32. The van der Waals surface area contributed by atoms with Gasteiger partial charge in [0.1, 0.15) is 5.54 Å². The number of carbonyl (C=O) groups is 2. The average Bonchev–Trinajstić information content (AvgIpc) is 2.44. The summed E-state index contributed by atoms with van der Waals surface area (Å²) in [5, 5.41) is 5.83. The fraction of sp³-hybridized carbons (Fsp3) is 0.429. The van der Waals surface area contributed by atoms with E-state index >= 15 is 0 Å². The number of hydrogen-bond acceptors (Lipinski definition) is 4. The molecule has 0 spiro atoms. The Labute approximate surface area is 118 Å². The van der Waals surface area contributed by atoms with Gasteiger partial charge in [-0.25, -0.2) is 0 Å². The largest absolute Gasteiger partial charge is 0.368 e. The minimum Gasteiger partial charge on any atom is -0.368 e. The number of carbonyl (C=O) groups excluding carboxylic acids is 2. The van der Waals surface area contributed by atoms with E-state index in [1.54, 1.807) is 14.1 Å². The molecule has 6 heteroatoms. The minimum absolute atomic E-state index is 0.372. The molecule has 110 valence electrons. The van der Waals surface area contributed by atoms with E-state index in [-0.39, 0.29) is 0 Å². The third-order valence-electron chi connectivity index (χ3n) is 3.61.